The molecule has 0 fully saturated rings. The minimum Gasteiger partial charge on any atom is -0.394 e. The smallest absolute Gasteiger partial charge is 0.0701 e. The number of rotatable bonds is 22. The highest BCUT2D eigenvalue weighted by molar-refractivity contribution is 4.48. The first-order chi connectivity index (χ1) is 12.8. The summed E-state index contributed by atoms with van der Waals surface area (Å²) in [6, 6.07) is 0. The molecule has 0 aromatic carbocycles. The maximum absolute atomic E-state index is 8.53. The summed E-state index contributed by atoms with van der Waals surface area (Å²) >= 11 is 0. The Labute approximate surface area is 160 Å². The lowest BCUT2D eigenvalue weighted by Crippen LogP contribution is -2.13. The van der Waals surface area contributed by atoms with Crippen LogP contribution in [0.5, 0.6) is 0 Å². The quantitative estimate of drug-likeness (QED) is 0.292. The topological polar surface area (TPSA) is 66.4 Å². The van der Waals surface area contributed by atoms with Crippen molar-refractivity contribution in [2.75, 3.05) is 72.7 Å². The van der Waals surface area contributed by atoms with Gasteiger partial charge in [0.2, 0.25) is 0 Å². The molecule has 0 spiro atoms. The summed E-state index contributed by atoms with van der Waals surface area (Å²) < 4.78 is 26.8. The lowest BCUT2D eigenvalue weighted by atomic mass is 10.0. The van der Waals surface area contributed by atoms with E-state index >= 15 is 0 Å². The van der Waals surface area contributed by atoms with Crippen molar-refractivity contribution in [3.05, 3.63) is 0 Å². The molecule has 6 nitrogen and oxygen atoms in total. The first kappa shape index (κ1) is 25.8. The molecule has 158 valence electrons. The van der Waals surface area contributed by atoms with Gasteiger partial charge in [0.1, 0.15) is 0 Å². The predicted molar refractivity (Wildman–Crippen MR) is 104 cm³/mol. The van der Waals surface area contributed by atoms with Crippen LogP contribution >= 0.6 is 0 Å². The number of aliphatic hydroxyl groups is 1. The van der Waals surface area contributed by atoms with Crippen LogP contribution in [0.15, 0.2) is 0 Å². The Morgan fingerprint density at radius 2 is 0.885 bits per heavy atom. The number of unbranched alkanes of at least 4 members (excludes halogenated alkanes) is 4. The van der Waals surface area contributed by atoms with Crippen LogP contribution in [0.2, 0.25) is 0 Å². The molecule has 0 saturated heterocycles. The Morgan fingerprint density at radius 3 is 1.35 bits per heavy atom. The largest absolute Gasteiger partial charge is 0.394 e. The molecule has 6 heteroatoms. The molecule has 0 bridgehead atoms. The molecule has 0 aliphatic rings. The van der Waals surface area contributed by atoms with Crippen molar-refractivity contribution in [2.45, 2.75) is 52.4 Å². The third kappa shape index (κ3) is 23.8. The predicted octanol–water partition coefficient (Wildman–Crippen LogP) is 3.06. The Kier molecular flexibility index (Phi) is 22.6. The average Bonchev–Trinajstić information content (AvgIpc) is 2.62. The van der Waals surface area contributed by atoms with Crippen LogP contribution in [0, 0.1) is 5.92 Å². The zero-order valence-electron chi connectivity index (χ0n) is 17.1. The SMILES string of the molecule is CC(C)CCCCCCCOCCOCCOCCOCCOCCO. The molecule has 0 aromatic heterocycles. The van der Waals surface area contributed by atoms with Crippen LogP contribution in [0.4, 0.5) is 0 Å². The molecule has 0 heterocycles. The van der Waals surface area contributed by atoms with Gasteiger partial charge in [-0.1, -0.05) is 46.0 Å². The van der Waals surface area contributed by atoms with Crippen LogP contribution in [0.1, 0.15) is 52.4 Å². The van der Waals surface area contributed by atoms with Crippen LogP contribution in [0.3, 0.4) is 0 Å². The normalized spacial score (nSPS) is 11.5. The Balaban J connectivity index is 2.97. The van der Waals surface area contributed by atoms with Crippen LogP contribution in [-0.2, 0) is 23.7 Å². The van der Waals surface area contributed by atoms with Crippen molar-refractivity contribution < 1.29 is 28.8 Å². The highest BCUT2D eigenvalue weighted by atomic mass is 16.6. The summed E-state index contributed by atoms with van der Waals surface area (Å²) in [6.45, 7) is 10.4. The molecule has 0 saturated carbocycles. The van der Waals surface area contributed by atoms with E-state index in [2.05, 4.69) is 13.8 Å². The first-order valence-electron chi connectivity index (χ1n) is 10.3. The fourth-order valence-corrected chi connectivity index (χ4v) is 2.33. The summed E-state index contributed by atoms with van der Waals surface area (Å²) in [6.07, 6.45) is 7.80. The van der Waals surface area contributed by atoms with Gasteiger partial charge in [-0.05, 0) is 12.3 Å². The molecule has 0 radical (unpaired) electrons. The Morgan fingerprint density at radius 1 is 0.500 bits per heavy atom. The number of aliphatic hydroxyl groups excluding tert-OH is 1. The molecule has 26 heavy (non-hydrogen) atoms. The molecule has 0 aliphatic heterocycles. The van der Waals surface area contributed by atoms with Gasteiger partial charge in [-0.25, -0.2) is 0 Å². The highest BCUT2D eigenvalue weighted by Crippen LogP contribution is 2.10. The highest BCUT2D eigenvalue weighted by Gasteiger charge is 1.96. The van der Waals surface area contributed by atoms with E-state index in [0.29, 0.717) is 59.5 Å². The van der Waals surface area contributed by atoms with E-state index in [1.165, 1.54) is 32.1 Å². The second kappa shape index (κ2) is 22.8. The van der Waals surface area contributed by atoms with Crippen molar-refractivity contribution >= 4 is 0 Å². The summed E-state index contributed by atoms with van der Waals surface area (Å²) in [4.78, 5) is 0. The standard InChI is InChI=1S/C20H42O6/c1-20(2)8-6-4-3-5-7-10-22-12-14-24-16-18-26-19-17-25-15-13-23-11-9-21/h20-21H,3-19H2,1-2H3. The third-order valence-corrected chi connectivity index (χ3v) is 3.79. The molecule has 0 unspecified atom stereocenters. The minimum atomic E-state index is 0.0483. The van der Waals surface area contributed by atoms with Gasteiger partial charge in [-0.15, -0.1) is 0 Å². The lowest BCUT2D eigenvalue weighted by Gasteiger charge is -2.08. The number of hydrogen-bond acceptors (Lipinski definition) is 6. The van der Waals surface area contributed by atoms with Gasteiger partial charge in [0.25, 0.3) is 0 Å². The maximum atomic E-state index is 8.53. The maximum Gasteiger partial charge on any atom is 0.0701 e. The molecule has 0 aliphatic carbocycles. The van der Waals surface area contributed by atoms with Gasteiger partial charge in [0.05, 0.1) is 66.1 Å². The fourth-order valence-electron chi connectivity index (χ4n) is 2.33. The second-order valence-corrected chi connectivity index (χ2v) is 6.74. The molecule has 1 N–H and O–H groups in total. The van der Waals surface area contributed by atoms with Crippen molar-refractivity contribution in [1.29, 1.82) is 0 Å². The monoisotopic (exact) mass is 378 g/mol. The van der Waals surface area contributed by atoms with E-state index < -0.39 is 0 Å². The van der Waals surface area contributed by atoms with E-state index in [1.807, 2.05) is 0 Å². The number of hydrogen-bond donors (Lipinski definition) is 1. The zero-order chi connectivity index (χ0) is 19.1. The Hall–Kier alpha value is -0.240. The van der Waals surface area contributed by atoms with Gasteiger partial charge in [-0.3, -0.25) is 0 Å². The summed E-state index contributed by atoms with van der Waals surface area (Å²) in [5, 5.41) is 8.53. The van der Waals surface area contributed by atoms with Crippen LogP contribution < -0.4 is 0 Å². The number of ether oxygens (including phenoxy) is 5. The van der Waals surface area contributed by atoms with Gasteiger partial charge in [-0.2, -0.15) is 0 Å². The van der Waals surface area contributed by atoms with Gasteiger partial charge < -0.3 is 28.8 Å². The summed E-state index contributed by atoms with van der Waals surface area (Å²) in [5.41, 5.74) is 0. The van der Waals surface area contributed by atoms with Gasteiger partial charge in [0.15, 0.2) is 0 Å². The average molecular weight is 379 g/mol. The Bertz CT molecular complexity index is 250. The molecule has 0 amide bonds. The summed E-state index contributed by atoms with van der Waals surface area (Å²) in [5.74, 6) is 0.833. The van der Waals surface area contributed by atoms with E-state index in [1.54, 1.807) is 0 Å². The van der Waals surface area contributed by atoms with Crippen molar-refractivity contribution in [3.8, 4) is 0 Å². The lowest BCUT2D eigenvalue weighted by molar-refractivity contribution is -0.0134. The molecule has 0 atom stereocenters. The van der Waals surface area contributed by atoms with Crippen molar-refractivity contribution in [1.82, 2.24) is 0 Å². The van der Waals surface area contributed by atoms with Crippen molar-refractivity contribution in [2.24, 2.45) is 5.92 Å². The fraction of sp³-hybridized carbons (Fsp3) is 1.00. The van der Waals surface area contributed by atoms with Crippen LogP contribution in [-0.4, -0.2) is 77.8 Å². The first-order valence-corrected chi connectivity index (χ1v) is 10.3. The van der Waals surface area contributed by atoms with E-state index in [4.69, 9.17) is 28.8 Å². The zero-order valence-corrected chi connectivity index (χ0v) is 17.1. The van der Waals surface area contributed by atoms with E-state index in [0.717, 1.165) is 18.9 Å². The van der Waals surface area contributed by atoms with E-state index in [9.17, 15) is 0 Å². The summed E-state index contributed by atoms with van der Waals surface area (Å²) in [7, 11) is 0. The molecule has 0 rings (SSSR count). The molecule has 0 aromatic rings. The van der Waals surface area contributed by atoms with E-state index in [-0.39, 0.29) is 6.61 Å². The van der Waals surface area contributed by atoms with Gasteiger partial charge >= 0.3 is 0 Å². The third-order valence-electron chi connectivity index (χ3n) is 3.79. The van der Waals surface area contributed by atoms with Crippen LogP contribution in [0.25, 0.3) is 0 Å². The second-order valence-electron chi connectivity index (χ2n) is 6.74. The van der Waals surface area contributed by atoms with Crippen molar-refractivity contribution in [3.63, 3.8) is 0 Å². The van der Waals surface area contributed by atoms with Gasteiger partial charge in [0, 0.05) is 6.61 Å². The molecular weight excluding hydrogens is 336 g/mol. The molecular formula is C20H42O6. The minimum absolute atomic E-state index is 0.0483.